The predicted molar refractivity (Wildman–Crippen MR) is 102 cm³/mol. The van der Waals surface area contributed by atoms with Crippen molar-refractivity contribution in [2.45, 2.75) is 57.4 Å². The number of carbonyl (C=O) groups is 1. The van der Waals surface area contributed by atoms with Crippen molar-refractivity contribution < 1.29 is 19.0 Å². The minimum absolute atomic E-state index is 0.0338. The molecule has 1 amide bonds. The van der Waals surface area contributed by atoms with E-state index in [1.54, 1.807) is 17.0 Å². The molecule has 2 aromatic carbocycles. The Bertz CT molecular complexity index is 752. The molecule has 5 heteroatoms. The van der Waals surface area contributed by atoms with E-state index in [1.165, 1.54) is 12.1 Å². The first-order chi connectivity index (χ1) is 13.1. The van der Waals surface area contributed by atoms with Gasteiger partial charge in [0.15, 0.2) is 0 Å². The normalized spacial score (nSPS) is 20.5. The summed E-state index contributed by atoms with van der Waals surface area (Å²) in [6.07, 6.45) is 1.92. The van der Waals surface area contributed by atoms with Crippen molar-refractivity contribution in [3.63, 3.8) is 0 Å². The van der Waals surface area contributed by atoms with E-state index < -0.39 is 24.1 Å². The quantitative estimate of drug-likeness (QED) is 0.791. The maximum Gasteiger partial charge on any atom is 0.410 e. The van der Waals surface area contributed by atoms with Crippen molar-refractivity contribution in [2.75, 3.05) is 0 Å². The maximum atomic E-state index is 13.6. The van der Waals surface area contributed by atoms with Gasteiger partial charge in [-0.25, -0.2) is 9.18 Å². The molecule has 0 spiro atoms. The lowest BCUT2D eigenvalue weighted by Crippen LogP contribution is -2.44. The van der Waals surface area contributed by atoms with Crippen molar-refractivity contribution >= 4 is 6.09 Å². The van der Waals surface area contributed by atoms with E-state index in [-0.39, 0.29) is 12.6 Å². The molecule has 1 aliphatic heterocycles. The molecule has 2 aromatic rings. The van der Waals surface area contributed by atoms with Crippen LogP contribution in [0.3, 0.4) is 0 Å². The molecule has 4 nitrogen and oxygen atoms in total. The van der Waals surface area contributed by atoms with Crippen LogP contribution in [0.1, 0.15) is 49.8 Å². The van der Waals surface area contributed by atoms with Gasteiger partial charge in [-0.05, 0) is 42.5 Å². The Morgan fingerprint density at radius 1 is 1.22 bits per heavy atom. The lowest BCUT2D eigenvalue weighted by Gasteiger charge is -2.32. The van der Waals surface area contributed by atoms with E-state index >= 15 is 0 Å². The van der Waals surface area contributed by atoms with Gasteiger partial charge in [-0.15, -0.1) is 0 Å². The van der Waals surface area contributed by atoms with Gasteiger partial charge in [-0.2, -0.15) is 0 Å². The van der Waals surface area contributed by atoms with E-state index in [2.05, 4.69) is 6.92 Å². The summed E-state index contributed by atoms with van der Waals surface area (Å²) in [5.41, 5.74) is 1.40. The number of nitrogens with zero attached hydrogens (tertiary/aromatic N) is 1. The number of likely N-dealkylation sites (tertiary alicyclic amines) is 1. The highest BCUT2D eigenvalue weighted by atomic mass is 19.1. The molecule has 0 aliphatic carbocycles. The van der Waals surface area contributed by atoms with E-state index in [0.717, 1.165) is 24.8 Å². The molecule has 1 N–H and O–H groups in total. The van der Waals surface area contributed by atoms with Crippen LogP contribution >= 0.6 is 0 Å². The largest absolute Gasteiger partial charge is 0.445 e. The number of benzene rings is 2. The number of ether oxygens (including phenoxy) is 1. The van der Waals surface area contributed by atoms with Gasteiger partial charge < -0.3 is 9.84 Å². The molecular formula is C22H26FNO3. The minimum atomic E-state index is -0.938. The fourth-order valence-corrected chi connectivity index (χ4v) is 3.83. The van der Waals surface area contributed by atoms with Gasteiger partial charge >= 0.3 is 6.09 Å². The van der Waals surface area contributed by atoms with Crippen LogP contribution in [0.2, 0.25) is 0 Å². The Morgan fingerprint density at radius 2 is 2.00 bits per heavy atom. The molecule has 1 heterocycles. The molecule has 1 fully saturated rings. The van der Waals surface area contributed by atoms with Crippen molar-refractivity contribution in [3.8, 4) is 0 Å². The SMILES string of the molecule is CCC[C@@H]1CC[C@@H]([C@H](O)c2cccc(F)c2)N1C(=O)OCc1ccccc1. The van der Waals surface area contributed by atoms with Gasteiger partial charge in [0.1, 0.15) is 12.4 Å². The average Bonchev–Trinajstić information content (AvgIpc) is 3.10. The van der Waals surface area contributed by atoms with E-state index in [1.807, 2.05) is 30.3 Å². The molecule has 3 atom stereocenters. The molecule has 144 valence electrons. The fraction of sp³-hybridized carbons (Fsp3) is 0.409. The zero-order valence-corrected chi connectivity index (χ0v) is 15.6. The summed E-state index contributed by atoms with van der Waals surface area (Å²) in [4.78, 5) is 14.5. The van der Waals surface area contributed by atoms with Crippen LogP contribution in [0.5, 0.6) is 0 Å². The first-order valence-electron chi connectivity index (χ1n) is 9.52. The van der Waals surface area contributed by atoms with Crippen molar-refractivity contribution in [1.82, 2.24) is 4.90 Å². The maximum absolute atomic E-state index is 13.6. The average molecular weight is 371 g/mol. The fourth-order valence-electron chi connectivity index (χ4n) is 3.83. The minimum Gasteiger partial charge on any atom is -0.445 e. The number of halogens is 1. The monoisotopic (exact) mass is 371 g/mol. The number of hydrogen-bond donors (Lipinski definition) is 1. The van der Waals surface area contributed by atoms with Crippen molar-refractivity contribution in [3.05, 3.63) is 71.5 Å². The Morgan fingerprint density at radius 3 is 2.70 bits per heavy atom. The summed E-state index contributed by atoms with van der Waals surface area (Å²) in [5.74, 6) is -0.396. The molecule has 27 heavy (non-hydrogen) atoms. The third kappa shape index (κ3) is 4.66. The van der Waals surface area contributed by atoms with Crippen LogP contribution in [-0.2, 0) is 11.3 Å². The van der Waals surface area contributed by atoms with Gasteiger partial charge in [0.25, 0.3) is 0 Å². The van der Waals surface area contributed by atoms with Crippen molar-refractivity contribution in [2.24, 2.45) is 0 Å². The summed E-state index contributed by atoms with van der Waals surface area (Å²) in [6, 6.07) is 15.1. The highest BCUT2D eigenvalue weighted by Crippen LogP contribution is 2.35. The summed E-state index contributed by atoms with van der Waals surface area (Å²) >= 11 is 0. The molecule has 0 unspecified atom stereocenters. The second-order valence-electron chi connectivity index (χ2n) is 7.03. The Balaban J connectivity index is 1.75. The zero-order chi connectivity index (χ0) is 19.2. The summed E-state index contributed by atoms with van der Waals surface area (Å²) in [7, 11) is 0. The molecule has 3 rings (SSSR count). The first kappa shape index (κ1) is 19.4. The molecular weight excluding hydrogens is 345 g/mol. The summed E-state index contributed by atoms with van der Waals surface area (Å²) < 4.78 is 19.1. The smallest absolute Gasteiger partial charge is 0.410 e. The van der Waals surface area contributed by atoms with Crippen LogP contribution in [0.25, 0.3) is 0 Å². The number of amides is 1. The van der Waals surface area contributed by atoms with Gasteiger partial charge in [0.2, 0.25) is 0 Å². The lowest BCUT2D eigenvalue weighted by atomic mass is 10.0. The highest BCUT2D eigenvalue weighted by Gasteiger charge is 2.41. The Hall–Kier alpha value is -2.40. The van der Waals surface area contributed by atoms with Crippen LogP contribution in [0.4, 0.5) is 9.18 Å². The Kier molecular flexibility index (Phi) is 6.45. The second kappa shape index (κ2) is 9.00. The standard InChI is InChI=1S/C22H26FNO3/c1-2-7-19-12-13-20(21(25)17-10-6-11-18(23)14-17)24(19)22(26)27-15-16-8-4-3-5-9-16/h3-6,8-11,14,19-21,25H,2,7,12-13,15H2,1H3/t19-,20+,21-/m1/s1. The van der Waals surface area contributed by atoms with E-state index in [9.17, 15) is 14.3 Å². The third-order valence-corrected chi connectivity index (χ3v) is 5.14. The highest BCUT2D eigenvalue weighted by molar-refractivity contribution is 5.69. The number of aliphatic hydroxyl groups excluding tert-OH is 1. The Labute approximate surface area is 159 Å². The van der Waals surface area contributed by atoms with Crippen molar-refractivity contribution in [1.29, 1.82) is 0 Å². The van der Waals surface area contributed by atoms with Gasteiger partial charge in [-0.3, -0.25) is 4.90 Å². The molecule has 1 aliphatic rings. The molecule has 0 aromatic heterocycles. The summed E-state index contributed by atoms with van der Waals surface area (Å²) in [5, 5.41) is 10.8. The predicted octanol–water partition coefficient (Wildman–Crippen LogP) is 4.83. The van der Waals surface area contributed by atoms with Crippen LogP contribution in [-0.4, -0.2) is 28.2 Å². The van der Waals surface area contributed by atoms with Crippen LogP contribution in [0, 0.1) is 5.82 Å². The topological polar surface area (TPSA) is 49.8 Å². The van der Waals surface area contributed by atoms with E-state index in [4.69, 9.17) is 4.74 Å². The van der Waals surface area contributed by atoms with Gasteiger partial charge in [-0.1, -0.05) is 55.8 Å². The molecule has 0 saturated carbocycles. The molecule has 0 radical (unpaired) electrons. The first-order valence-corrected chi connectivity index (χ1v) is 9.52. The second-order valence-corrected chi connectivity index (χ2v) is 7.03. The summed E-state index contributed by atoms with van der Waals surface area (Å²) in [6.45, 7) is 2.27. The molecule has 1 saturated heterocycles. The van der Waals surface area contributed by atoms with Crippen LogP contribution in [0.15, 0.2) is 54.6 Å². The number of carbonyl (C=O) groups excluding carboxylic acids is 1. The number of aliphatic hydroxyl groups is 1. The number of hydrogen-bond acceptors (Lipinski definition) is 3. The third-order valence-electron chi connectivity index (χ3n) is 5.14. The number of rotatable bonds is 6. The lowest BCUT2D eigenvalue weighted by molar-refractivity contribution is 0.0332. The zero-order valence-electron chi connectivity index (χ0n) is 15.6. The van der Waals surface area contributed by atoms with Gasteiger partial charge in [0, 0.05) is 6.04 Å². The van der Waals surface area contributed by atoms with E-state index in [0.29, 0.717) is 12.0 Å². The van der Waals surface area contributed by atoms with Gasteiger partial charge in [0.05, 0.1) is 12.1 Å². The van der Waals surface area contributed by atoms with Crippen LogP contribution < -0.4 is 0 Å². The molecule has 0 bridgehead atoms.